The summed E-state index contributed by atoms with van der Waals surface area (Å²) in [6.07, 6.45) is 7.06. The van der Waals surface area contributed by atoms with E-state index in [1.165, 1.54) is 0 Å². The lowest BCUT2D eigenvalue weighted by atomic mass is 9.81. The van der Waals surface area contributed by atoms with Gasteiger partial charge in [-0.2, -0.15) is 0 Å². The van der Waals surface area contributed by atoms with Crippen LogP contribution in [-0.4, -0.2) is 45.6 Å². The molecule has 0 radical (unpaired) electrons. The van der Waals surface area contributed by atoms with E-state index in [1.807, 2.05) is 12.3 Å². The Labute approximate surface area is 145 Å². The van der Waals surface area contributed by atoms with Crippen molar-refractivity contribution < 1.29 is 8.42 Å². The van der Waals surface area contributed by atoms with Crippen molar-refractivity contribution in [1.82, 2.24) is 29.5 Å². The quantitative estimate of drug-likeness (QED) is 0.572. The van der Waals surface area contributed by atoms with Crippen LogP contribution in [0.25, 0.3) is 16.6 Å². The van der Waals surface area contributed by atoms with Crippen molar-refractivity contribution in [2.24, 2.45) is 11.7 Å². The van der Waals surface area contributed by atoms with Gasteiger partial charge in [0, 0.05) is 17.5 Å². The highest BCUT2D eigenvalue weighted by molar-refractivity contribution is 7.89. The zero-order valence-electron chi connectivity index (χ0n) is 13.7. The largest absolute Gasteiger partial charge is 0.346 e. The maximum Gasteiger partial charge on any atom is 0.212 e. The average molecular weight is 363 g/mol. The Morgan fingerprint density at radius 1 is 1.32 bits per heavy atom. The third kappa shape index (κ3) is 3.12. The minimum Gasteiger partial charge on any atom is -0.346 e. The molecule has 0 bridgehead atoms. The fourth-order valence-electron chi connectivity index (χ4n) is 3.79. The van der Waals surface area contributed by atoms with Gasteiger partial charge in [0.1, 0.15) is 17.5 Å². The maximum atomic E-state index is 11.9. The van der Waals surface area contributed by atoms with E-state index in [9.17, 15) is 8.42 Å². The van der Waals surface area contributed by atoms with Crippen LogP contribution in [0.2, 0.25) is 0 Å². The summed E-state index contributed by atoms with van der Waals surface area (Å²) in [7, 11) is -3.28. The van der Waals surface area contributed by atoms with Gasteiger partial charge in [-0.05, 0) is 37.7 Å². The second kappa shape index (κ2) is 6.36. The van der Waals surface area contributed by atoms with Crippen LogP contribution in [0.1, 0.15) is 37.3 Å². The summed E-state index contributed by atoms with van der Waals surface area (Å²) in [6.45, 7) is -0.0509. The first kappa shape index (κ1) is 16.4. The summed E-state index contributed by atoms with van der Waals surface area (Å²) < 4.78 is 27.8. The lowest BCUT2D eigenvalue weighted by Gasteiger charge is -2.27. The Morgan fingerprint density at radius 2 is 2.12 bits per heavy atom. The zero-order chi connectivity index (χ0) is 17.4. The van der Waals surface area contributed by atoms with E-state index in [-0.39, 0.29) is 18.3 Å². The summed E-state index contributed by atoms with van der Waals surface area (Å²) in [5.74, 6) is 0.598. The normalized spacial score (nSPS) is 22.0. The maximum absolute atomic E-state index is 11.9. The van der Waals surface area contributed by atoms with Crippen LogP contribution in [0, 0.1) is 5.92 Å². The Bertz CT molecular complexity index is 986. The van der Waals surface area contributed by atoms with Crippen molar-refractivity contribution in [3.8, 4) is 0 Å². The SMILES string of the molecule is NCNS(=O)(=O)C[C@H]1CC[C@H](c2nnn3cnc4[nH]ccc4c23)CC1. The lowest BCUT2D eigenvalue weighted by molar-refractivity contribution is 0.345. The highest BCUT2D eigenvalue weighted by Gasteiger charge is 2.29. The third-order valence-corrected chi connectivity index (χ3v) is 6.51. The molecule has 0 atom stereocenters. The number of fused-ring (bicyclic) bond motifs is 3. The molecule has 9 nitrogen and oxygen atoms in total. The molecule has 1 saturated carbocycles. The van der Waals surface area contributed by atoms with Crippen molar-refractivity contribution in [2.45, 2.75) is 31.6 Å². The molecule has 0 aromatic carbocycles. The van der Waals surface area contributed by atoms with E-state index in [4.69, 9.17) is 5.73 Å². The molecule has 3 aromatic heterocycles. The van der Waals surface area contributed by atoms with Gasteiger partial charge in [0.15, 0.2) is 0 Å². The monoisotopic (exact) mass is 363 g/mol. The van der Waals surface area contributed by atoms with Gasteiger partial charge >= 0.3 is 0 Å². The van der Waals surface area contributed by atoms with E-state index in [0.29, 0.717) is 5.92 Å². The summed E-state index contributed by atoms with van der Waals surface area (Å²) in [5, 5.41) is 9.60. The van der Waals surface area contributed by atoms with Gasteiger partial charge in [0.2, 0.25) is 10.0 Å². The van der Waals surface area contributed by atoms with Crippen LogP contribution >= 0.6 is 0 Å². The Kier molecular flexibility index (Phi) is 4.18. The van der Waals surface area contributed by atoms with Gasteiger partial charge in [0.05, 0.1) is 18.1 Å². The summed E-state index contributed by atoms with van der Waals surface area (Å²) in [4.78, 5) is 7.43. The molecular formula is C15H21N7O2S. The van der Waals surface area contributed by atoms with Gasteiger partial charge in [-0.3, -0.25) is 0 Å². The number of aromatic amines is 1. The van der Waals surface area contributed by atoms with Gasteiger partial charge in [-0.15, -0.1) is 5.10 Å². The minimum absolute atomic E-state index is 0.0509. The molecule has 0 spiro atoms. The van der Waals surface area contributed by atoms with Gasteiger partial charge in [-0.25, -0.2) is 22.6 Å². The first-order valence-electron chi connectivity index (χ1n) is 8.42. The lowest BCUT2D eigenvalue weighted by Crippen LogP contribution is -2.34. The standard InChI is InChI=1S/C15H21N7O2S/c16-8-19-25(23,24)7-10-1-3-11(4-2-10)13-14-12-5-6-17-15(12)18-9-22(14)21-20-13/h5-6,9-11,17,19H,1-4,7-8,16H2/t10-,11-. The molecule has 1 aliphatic rings. The molecule has 134 valence electrons. The van der Waals surface area contributed by atoms with E-state index in [2.05, 4.69) is 25.0 Å². The van der Waals surface area contributed by atoms with Crippen LogP contribution in [-0.2, 0) is 10.0 Å². The molecule has 0 aliphatic heterocycles. The van der Waals surface area contributed by atoms with Gasteiger partial charge in [0.25, 0.3) is 0 Å². The van der Waals surface area contributed by atoms with E-state index in [0.717, 1.165) is 47.9 Å². The molecule has 4 rings (SSSR count). The van der Waals surface area contributed by atoms with E-state index >= 15 is 0 Å². The van der Waals surface area contributed by atoms with Crippen LogP contribution in [0.3, 0.4) is 0 Å². The summed E-state index contributed by atoms with van der Waals surface area (Å²) >= 11 is 0. The molecular weight excluding hydrogens is 342 g/mol. The topological polar surface area (TPSA) is 131 Å². The number of aromatic nitrogens is 5. The Morgan fingerprint density at radius 3 is 2.88 bits per heavy atom. The second-order valence-corrected chi connectivity index (χ2v) is 8.45. The number of nitrogens with two attached hydrogens (primary N) is 1. The van der Waals surface area contributed by atoms with Crippen LogP contribution in [0.5, 0.6) is 0 Å². The van der Waals surface area contributed by atoms with E-state index in [1.54, 1.807) is 10.8 Å². The molecule has 4 N–H and O–H groups in total. The first-order chi connectivity index (χ1) is 12.1. The minimum atomic E-state index is -3.28. The van der Waals surface area contributed by atoms with Crippen LogP contribution in [0.4, 0.5) is 0 Å². The predicted molar refractivity (Wildman–Crippen MR) is 93.3 cm³/mol. The van der Waals surface area contributed by atoms with Crippen LogP contribution in [0.15, 0.2) is 18.6 Å². The molecule has 3 heterocycles. The van der Waals surface area contributed by atoms with Crippen molar-refractivity contribution in [3.63, 3.8) is 0 Å². The smallest absolute Gasteiger partial charge is 0.212 e. The zero-order valence-corrected chi connectivity index (χ0v) is 14.5. The second-order valence-electron chi connectivity index (χ2n) is 6.60. The predicted octanol–water partition coefficient (Wildman–Crippen LogP) is 0.715. The molecule has 0 unspecified atom stereocenters. The molecule has 1 fully saturated rings. The fraction of sp³-hybridized carbons (Fsp3) is 0.533. The number of H-pyrrole nitrogens is 1. The number of hydrogen-bond acceptors (Lipinski definition) is 6. The highest BCUT2D eigenvalue weighted by atomic mass is 32.2. The molecule has 10 heteroatoms. The fourth-order valence-corrected chi connectivity index (χ4v) is 5.12. The number of hydrogen-bond donors (Lipinski definition) is 3. The summed E-state index contributed by atoms with van der Waals surface area (Å²) in [5.41, 5.74) is 8.08. The number of rotatable bonds is 5. The Balaban J connectivity index is 1.53. The molecule has 0 amide bonds. The number of nitrogens with one attached hydrogen (secondary N) is 2. The van der Waals surface area contributed by atoms with Crippen molar-refractivity contribution in [1.29, 1.82) is 0 Å². The first-order valence-corrected chi connectivity index (χ1v) is 10.1. The van der Waals surface area contributed by atoms with E-state index < -0.39 is 10.0 Å². The number of sulfonamides is 1. The molecule has 1 aliphatic carbocycles. The summed E-state index contributed by atoms with van der Waals surface area (Å²) in [6, 6.07) is 1.99. The number of nitrogens with zero attached hydrogens (tertiary/aromatic N) is 4. The average Bonchev–Trinajstić information content (AvgIpc) is 3.21. The van der Waals surface area contributed by atoms with Gasteiger partial charge < -0.3 is 10.7 Å². The van der Waals surface area contributed by atoms with Gasteiger partial charge in [-0.1, -0.05) is 5.21 Å². The molecule has 0 saturated heterocycles. The molecule has 25 heavy (non-hydrogen) atoms. The third-order valence-electron chi connectivity index (χ3n) is 4.99. The molecule has 3 aromatic rings. The van der Waals surface area contributed by atoms with Crippen LogP contribution < -0.4 is 10.5 Å². The van der Waals surface area contributed by atoms with Crippen molar-refractivity contribution >= 4 is 26.6 Å². The van der Waals surface area contributed by atoms with Crippen molar-refractivity contribution in [2.75, 3.05) is 12.4 Å². The Hall–Kier alpha value is -2.04. The highest BCUT2D eigenvalue weighted by Crippen LogP contribution is 2.38. The van der Waals surface area contributed by atoms with Crippen molar-refractivity contribution in [3.05, 3.63) is 24.3 Å².